The number of aromatic nitrogens is 2. The van der Waals surface area contributed by atoms with Crippen LogP contribution in [0.15, 0.2) is 65.4 Å². The first-order chi connectivity index (χ1) is 16.4. The van der Waals surface area contributed by atoms with Gasteiger partial charge in [0.2, 0.25) is 0 Å². The topological polar surface area (TPSA) is 177 Å². The highest BCUT2D eigenvalue weighted by Crippen LogP contribution is 2.58. The molecular weight excluding hydrogens is 440 g/mol. The van der Waals surface area contributed by atoms with Crippen molar-refractivity contribution >= 4 is 16.7 Å². The van der Waals surface area contributed by atoms with Gasteiger partial charge in [0, 0.05) is 30.8 Å². The number of nitriles is 1. The molecule has 1 fully saturated rings. The molecule has 34 heavy (non-hydrogen) atoms. The smallest absolute Gasteiger partial charge is 0.308 e. The lowest BCUT2D eigenvalue weighted by Crippen LogP contribution is -2.46. The van der Waals surface area contributed by atoms with Crippen LogP contribution in [0.3, 0.4) is 0 Å². The fourth-order valence-corrected chi connectivity index (χ4v) is 5.18. The monoisotopic (exact) mass is 454 g/mol. The number of non-ortho nitro benzene ring substituents is 1. The van der Waals surface area contributed by atoms with Crippen LogP contribution in [-0.2, 0) is 5.41 Å². The Hall–Kier alpha value is -5.05. The van der Waals surface area contributed by atoms with Crippen molar-refractivity contribution in [2.45, 2.75) is 5.41 Å². The molecule has 12 heteroatoms. The minimum absolute atomic E-state index is 0.0306. The van der Waals surface area contributed by atoms with Gasteiger partial charge in [0.15, 0.2) is 11.2 Å². The van der Waals surface area contributed by atoms with E-state index < -0.39 is 15.3 Å². The Morgan fingerprint density at radius 2 is 1.91 bits per heavy atom. The number of hydrogen-bond donors (Lipinski definition) is 2. The van der Waals surface area contributed by atoms with Crippen LogP contribution in [0, 0.1) is 31.6 Å². The molecule has 0 amide bonds. The summed E-state index contributed by atoms with van der Waals surface area (Å²) in [6.45, 7) is 0.774. The van der Waals surface area contributed by atoms with Gasteiger partial charge in [0.05, 0.1) is 37.8 Å². The van der Waals surface area contributed by atoms with E-state index in [-0.39, 0.29) is 39.8 Å². The van der Waals surface area contributed by atoms with Crippen LogP contribution in [0.5, 0.6) is 0 Å². The summed E-state index contributed by atoms with van der Waals surface area (Å²) < 4.78 is 0. The Morgan fingerprint density at radius 3 is 2.65 bits per heavy atom. The van der Waals surface area contributed by atoms with Crippen molar-refractivity contribution in [3.63, 3.8) is 0 Å². The summed E-state index contributed by atoms with van der Waals surface area (Å²) in [7, 11) is 0. The van der Waals surface area contributed by atoms with Crippen LogP contribution in [-0.4, -0.2) is 37.8 Å². The number of fused-ring (bicyclic) bond motifs is 7. The first-order valence-corrected chi connectivity index (χ1v) is 10.3. The second-order valence-electron chi connectivity index (χ2n) is 8.05. The van der Waals surface area contributed by atoms with E-state index in [9.17, 15) is 25.5 Å². The van der Waals surface area contributed by atoms with E-state index in [0.29, 0.717) is 35.4 Å². The molecule has 6 rings (SSSR count). The minimum atomic E-state index is -1.73. The third-order valence-corrected chi connectivity index (χ3v) is 6.49. The summed E-state index contributed by atoms with van der Waals surface area (Å²) in [6, 6.07) is 13.1. The van der Waals surface area contributed by atoms with Gasteiger partial charge >= 0.3 is 5.70 Å². The molecule has 1 atom stereocenters. The number of rotatable bonds is 2. The highest BCUT2D eigenvalue weighted by atomic mass is 16.6. The maximum Gasteiger partial charge on any atom is 0.308 e. The van der Waals surface area contributed by atoms with Crippen molar-refractivity contribution in [1.29, 1.82) is 5.26 Å². The Bertz CT molecular complexity index is 1590. The van der Waals surface area contributed by atoms with Crippen LogP contribution < -0.4 is 11.1 Å². The number of nitrogens with zero attached hydrogens (tertiary/aromatic N) is 6. The lowest BCUT2D eigenvalue weighted by Gasteiger charge is -2.36. The molecule has 3 N–H and O–H groups in total. The van der Waals surface area contributed by atoms with Gasteiger partial charge in [-0.25, -0.2) is 9.97 Å². The van der Waals surface area contributed by atoms with Crippen molar-refractivity contribution in [2.75, 3.05) is 13.1 Å². The molecule has 1 aliphatic carbocycles. The summed E-state index contributed by atoms with van der Waals surface area (Å²) in [5, 5.41) is 37.3. The second-order valence-corrected chi connectivity index (χ2v) is 8.05. The molecule has 1 spiro atoms. The molecule has 3 aromatic rings. The fraction of sp³-hybridized carbons (Fsp3) is 0.136. The summed E-state index contributed by atoms with van der Waals surface area (Å²) in [5.74, 6) is 0.293. The Kier molecular flexibility index (Phi) is 3.74. The van der Waals surface area contributed by atoms with Crippen LogP contribution in [0.25, 0.3) is 22.3 Å². The van der Waals surface area contributed by atoms with E-state index in [0.717, 1.165) is 0 Å². The predicted molar refractivity (Wildman–Crippen MR) is 118 cm³/mol. The number of benzene rings is 2. The van der Waals surface area contributed by atoms with E-state index >= 15 is 0 Å². The Morgan fingerprint density at radius 1 is 1.12 bits per heavy atom. The van der Waals surface area contributed by atoms with E-state index in [1.807, 2.05) is 0 Å². The Balaban J connectivity index is 1.81. The lowest BCUT2D eigenvalue weighted by molar-refractivity contribution is -0.436. The third-order valence-electron chi connectivity index (χ3n) is 6.49. The molecule has 0 saturated carbocycles. The number of allylic oxidation sites excluding steroid dienone is 1. The van der Waals surface area contributed by atoms with Gasteiger partial charge < -0.3 is 16.0 Å². The van der Waals surface area contributed by atoms with Crippen molar-refractivity contribution in [1.82, 2.24) is 20.2 Å². The maximum atomic E-state index is 12.6. The van der Waals surface area contributed by atoms with Crippen molar-refractivity contribution in [3.8, 4) is 17.3 Å². The minimum Gasteiger partial charge on any atom is -0.384 e. The zero-order valence-corrected chi connectivity index (χ0v) is 17.3. The van der Waals surface area contributed by atoms with Crippen LogP contribution in [0.1, 0.15) is 11.3 Å². The average molecular weight is 454 g/mol. The number of hydrogen-bond acceptors (Lipinski definition) is 10. The predicted octanol–water partition coefficient (Wildman–Crippen LogP) is 1.86. The molecule has 2 aromatic carbocycles. The third kappa shape index (κ3) is 2.19. The number of nitrogens with two attached hydrogens (primary N) is 1. The van der Waals surface area contributed by atoms with Gasteiger partial charge in [-0.2, -0.15) is 5.26 Å². The van der Waals surface area contributed by atoms with Gasteiger partial charge in [0.25, 0.3) is 5.69 Å². The molecule has 3 aliphatic rings. The van der Waals surface area contributed by atoms with Gasteiger partial charge in [-0.15, -0.1) is 0 Å². The Labute approximate surface area is 190 Å². The van der Waals surface area contributed by atoms with Crippen LogP contribution in [0.2, 0.25) is 0 Å². The first-order valence-electron chi connectivity index (χ1n) is 10.3. The van der Waals surface area contributed by atoms with Crippen molar-refractivity contribution < 1.29 is 9.85 Å². The molecule has 1 saturated heterocycles. The number of nitro benzene ring substituents is 1. The summed E-state index contributed by atoms with van der Waals surface area (Å²) in [5.41, 5.74) is 6.32. The molecule has 166 valence electrons. The first kappa shape index (κ1) is 19.6. The lowest BCUT2D eigenvalue weighted by atomic mass is 9.70. The average Bonchev–Trinajstić information content (AvgIpc) is 3.41. The molecule has 1 unspecified atom stereocenters. The van der Waals surface area contributed by atoms with E-state index in [1.54, 1.807) is 24.3 Å². The highest BCUT2D eigenvalue weighted by molar-refractivity contribution is 5.88. The van der Waals surface area contributed by atoms with Gasteiger partial charge in [-0.05, 0) is 11.6 Å². The highest BCUT2D eigenvalue weighted by Gasteiger charge is 2.63. The zero-order valence-electron chi connectivity index (χ0n) is 17.3. The summed E-state index contributed by atoms with van der Waals surface area (Å²) in [6.07, 6.45) is 0. The number of nitrogens with one attached hydrogen (secondary N) is 1. The summed E-state index contributed by atoms with van der Waals surface area (Å²) >= 11 is 0. The number of nitro groups is 2. The van der Waals surface area contributed by atoms with Crippen molar-refractivity contribution in [3.05, 3.63) is 96.9 Å². The molecule has 3 heterocycles. The molecule has 2 aliphatic heterocycles. The molecular formula is C22H14N8O4. The standard InChI is InChI=1S/C22H14N8O4/c23-10-14-20(24)28-8-7-25-21(28)19(30(33)34)22(14)13-4-2-1-3-12(13)17-18(22)27-16-9-11(29(31)32)5-6-15(16)26-17/h1-6,9,25H,7-8,24H2. The van der Waals surface area contributed by atoms with E-state index in [4.69, 9.17) is 5.73 Å². The van der Waals surface area contributed by atoms with E-state index in [1.165, 1.54) is 23.1 Å². The SMILES string of the molecule is N#CC1=C(N)N2CCNC2=C([N+](=O)[O-])C12c1ccccc1-c1nc3ccc([N+](=O)[O-])cc3nc12. The molecule has 0 radical (unpaired) electrons. The zero-order chi connectivity index (χ0) is 23.8. The fourth-order valence-electron chi connectivity index (χ4n) is 5.18. The van der Waals surface area contributed by atoms with E-state index in [2.05, 4.69) is 21.4 Å². The largest absolute Gasteiger partial charge is 0.384 e. The van der Waals surface area contributed by atoms with Crippen LogP contribution >= 0.6 is 0 Å². The van der Waals surface area contributed by atoms with Crippen LogP contribution in [0.4, 0.5) is 5.69 Å². The summed E-state index contributed by atoms with van der Waals surface area (Å²) in [4.78, 5) is 33.8. The molecule has 1 aromatic heterocycles. The van der Waals surface area contributed by atoms with Crippen molar-refractivity contribution in [2.24, 2.45) is 5.73 Å². The van der Waals surface area contributed by atoms with Gasteiger partial charge in [-0.3, -0.25) is 20.2 Å². The quantitative estimate of drug-likeness (QED) is 0.429. The normalized spacial score (nSPS) is 20.1. The maximum absolute atomic E-state index is 12.6. The molecule has 0 bridgehead atoms. The molecule has 12 nitrogen and oxygen atoms in total. The second kappa shape index (κ2) is 6.48. The van der Waals surface area contributed by atoms with Gasteiger partial charge in [-0.1, -0.05) is 24.3 Å². The van der Waals surface area contributed by atoms with Gasteiger partial charge in [0.1, 0.15) is 11.9 Å².